The maximum Gasteiger partial charge on any atom is 0.309 e. The first-order valence-corrected chi connectivity index (χ1v) is 5.73. The Morgan fingerprint density at radius 2 is 1.50 bits per heavy atom. The lowest BCUT2D eigenvalue weighted by Crippen LogP contribution is -2.09. The molecular weight excluding hydrogens is 311 g/mol. The topological polar surface area (TPSA) is 76.2 Å². The minimum absolute atomic E-state index is 0.163. The van der Waals surface area contributed by atoms with Crippen molar-refractivity contribution in [3.63, 3.8) is 0 Å². The van der Waals surface area contributed by atoms with Crippen molar-refractivity contribution in [1.29, 1.82) is 0 Å². The van der Waals surface area contributed by atoms with Gasteiger partial charge >= 0.3 is 5.97 Å². The SMILES string of the molecule is Nc1ccc(-c2c(F)c(F)c(F)c(F)c2F)c(CC(=O)O)n1. The molecule has 0 radical (unpaired) electrons. The summed E-state index contributed by atoms with van der Waals surface area (Å²) in [6.07, 6.45) is -0.806. The Labute approximate surface area is 120 Å². The van der Waals surface area contributed by atoms with Gasteiger partial charge in [-0.2, -0.15) is 0 Å². The highest BCUT2D eigenvalue weighted by Gasteiger charge is 2.28. The summed E-state index contributed by atoms with van der Waals surface area (Å²) in [6, 6.07) is 2.00. The molecular formula is C13H7F5N2O2. The molecule has 0 aliphatic rings. The van der Waals surface area contributed by atoms with Crippen molar-refractivity contribution >= 4 is 11.8 Å². The van der Waals surface area contributed by atoms with Crippen LogP contribution in [0.25, 0.3) is 11.1 Å². The second kappa shape index (κ2) is 5.58. The number of halogens is 5. The number of aliphatic carboxylic acids is 1. The molecule has 4 nitrogen and oxygen atoms in total. The van der Waals surface area contributed by atoms with E-state index in [9.17, 15) is 26.7 Å². The van der Waals surface area contributed by atoms with Crippen molar-refractivity contribution in [2.75, 3.05) is 5.73 Å². The molecule has 0 saturated carbocycles. The van der Waals surface area contributed by atoms with Gasteiger partial charge in [-0.3, -0.25) is 4.79 Å². The summed E-state index contributed by atoms with van der Waals surface area (Å²) in [5.41, 5.74) is 3.13. The Balaban J connectivity index is 2.80. The van der Waals surface area contributed by atoms with Crippen molar-refractivity contribution in [3.05, 3.63) is 46.9 Å². The minimum atomic E-state index is -2.30. The Morgan fingerprint density at radius 1 is 1.00 bits per heavy atom. The van der Waals surface area contributed by atoms with E-state index in [1.165, 1.54) is 0 Å². The molecule has 9 heteroatoms. The molecule has 0 unspecified atom stereocenters. The lowest BCUT2D eigenvalue weighted by molar-refractivity contribution is -0.136. The first kappa shape index (κ1) is 15.7. The van der Waals surface area contributed by atoms with Crippen molar-refractivity contribution < 1.29 is 31.9 Å². The van der Waals surface area contributed by atoms with Crippen molar-refractivity contribution in [1.82, 2.24) is 4.98 Å². The van der Waals surface area contributed by atoms with E-state index >= 15 is 0 Å². The summed E-state index contributed by atoms with van der Waals surface area (Å²) in [5, 5.41) is 8.74. The van der Waals surface area contributed by atoms with E-state index in [4.69, 9.17) is 10.8 Å². The second-order valence-electron chi connectivity index (χ2n) is 4.25. The quantitative estimate of drug-likeness (QED) is 0.518. The van der Waals surface area contributed by atoms with Crippen LogP contribution in [-0.2, 0) is 11.2 Å². The first-order valence-electron chi connectivity index (χ1n) is 5.73. The Bertz CT molecular complexity index is 751. The van der Waals surface area contributed by atoms with Gasteiger partial charge in [-0.25, -0.2) is 26.9 Å². The number of hydrogen-bond acceptors (Lipinski definition) is 3. The van der Waals surface area contributed by atoms with E-state index in [1.807, 2.05) is 0 Å². The summed E-state index contributed by atoms with van der Waals surface area (Å²) < 4.78 is 67.1. The van der Waals surface area contributed by atoms with Gasteiger partial charge in [0, 0.05) is 5.56 Å². The second-order valence-corrected chi connectivity index (χ2v) is 4.25. The molecule has 2 aromatic rings. The van der Waals surface area contributed by atoms with Gasteiger partial charge in [0.15, 0.2) is 23.3 Å². The summed E-state index contributed by atoms with van der Waals surface area (Å²) in [7, 11) is 0. The maximum atomic E-state index is 13.8. The zero-order valence-electron chi connectivity index (χ0n) is 10.6. The fourth-order valence-electron chi connectivity index (χ4n) is 1.87. The van der Waals surface area contributed by atoms with Crippen LogP contribution < -0.4 is 5.73 Å². The number of rotatable bonds is 3. The van der Waals surface area contributed by atoms with E-state index in [0.717, 1.165) is 12.1 Å². The minimum Gasteiger partial charge on any atom is -0.481 e. The van der Waals surface area contributed by atoms with Gasteiger partial charge in [0.05, 0.1) is 17.7 Å². The lowest BCUT2D eigenvalue weighted by atomic mass is 10.00. The maximum absolute atomic E-state index is 13.8. The Hall–Kier alpha value is -2.71. The molecule has 2 rings (SSSR count). The normalized spacial score (nSPS) is 10.8. The van der Waals surface area contributed by atoms with Crippen LogP contribution in [0.15, 0.2) is 12.1 Å². The van der Waals surface area contributed by atoms with Crippen LogP contribution in [0.2, 0.25) is 0 Å². The third-order valence-corrected chi connectivity index (χ3v) is 2.79. The Kier molecular flexibility index (Phi) is 3.98. The number of nitrogen functional groups attached to an aromatic ring is 1. The number of carboxylic acids is 1. The van der Waals surface area contributed by atoms with Crippen LogP contribution >= 0.6 is 0 Å². The third-order valence-electron chi connectivity index (χ3n) is 2.79. The van der Waals surface area contributed by atoms with Gasteiger partial charge < -0.3 is 10.8 Å². The first-order chi connectivity index (χ1) is 10.2. The summed E-state index contributed by atoms with van der Waals surface area (Å²) in [5.74, 6) is -12.3. The van der Waals surface area contributed by atoms with Gasteiger partial charge in [-0.15, -0.1) is 0 Å². The summed E-state index contributed by atoms with van der Waals surface area (Å²) in [6.45, 7) is 0. The largest absolute Gasteiger partial charge is 0.481 e. The van der Waals surface area contributed by atoms with Crippen LogP contribution in [-0.4, -0.2) is 16.1 Å². The molecule has 0 atom stereocenters. The van der Waals surface area contributed by atoms with Crippen LogP contribution in [0.4, 0.5) is 27.8 Å². The fourth-order valence-corrected chi connectivity index (χ4v) is 1.87. The highest BCUT2D eigenvalue weighted by atomic mass is 19.2. The fraction of sp³-hybridized carbons (Fsp3) is 0.0769. The summed E-state index contributed by atoms with van der Waals surface area (Å²) >= 11 is 0. The van der Waals surface area contributed by atoms with E-state index < -0.39 is 58.3 Å². The van der Waals surface area contributed by atoms with E-state index in [1.54, 1.807) is 0 Å². The standard InChI is InChI=1S/C13H7F5N2O2/c14-9-8(10(15)12(17)13(18)11(9)16)4-1-2-6(19)20-5(4)3-7(21)22/h1-2H,3H2,(H2,19,20)(H,21,22). The average Bonchev–Trinajstić information content (AvgIpc) is 2.45. The molecule has 0 saturated heterocycles. The van der Waals surface area contributed by atoms with Gasteiger partial charge in [0.2, 0.25) is 5.82 Å². The van der Waals surface area contributed by atoms with Crippen LogP contribution in [0.5, 0.6) is 0 Å². The molecule has 1 aromatic carbocycles. The molecule has 0 spiro atoms. The van der Waals surface area contributed by atoms with E-state index in [2.05, 4.69) is 4.98 Å². The van der Waals surface area contributed by atoms with Crippen LogP contribution in [0.3, 0.4) is 0 Å². The predicted octanol–water partition coefficient (Wildman–Crippen LogP) is 2.65. The number of aromatic nitrogens is 1. The number of anilines is 1. The number of pyridine rings is 1. The third kappa shape index (κ3) is 2.57. The van der Waals surface area contributed by atoms with Crippen molar-refractivity contribution in [2.24, 2.45) is 0 Å². The molecule has 0 amide bonds. The molecule has 0 fully saturated rings. The van der Waals surface area contributed by atoms with Crippen LogP contribution in [0.1, 0.15) is 5.69 Å². The number of nitrogens with zero attached hydrogens (tertiary/aromatic N) is 1. The Morgan fingerprint density at radius 3 is 2.00 bits per heavy atom. The molecule has 3 N–H and O–H groups in total. The predicted molar refractivity (Wildman–Crippen MR) is 65.2 cm³/mol. The number of carbonyl (C=O) groups is 1. The van der Waals surface area contributed by atoms with Gasteiger partial charge in [0.25, 0.3) is 0 Å². The van der Waals surface area contributed by atoms with Gasteiger partial charge in [-0.1, -0.05) is 0 Å². The highest BCUT2D eigenvalue weighted by molar-refractivity contribution is 5.76. The van der Waals surface area contributed by atoms with Gasteiger partial charge in [-0.05, 0) is 12.1 Å². The van der Waals surface area contributed by atoms with E-state index in [0.29, 0.717) is 0 Å². The molecule has 22 heavy (non-hydrogen) atoms. The van der Waals surface area contributed by atoms with Crippen molar-refractivity contribution in [2.45, 2.75) is 6.42 Å². The van der Waals surface area contributed by atoms with Crippen LogP contribution in [0, 0.1) is 29.1 Å². The lowest BCUT2D eigenvalue weighted by Gasteiger charge is -2.12. The average molecular weight is 318 g/mol. The smallest absolute Gasteiger partial charge is 0.309 e. The monoisotopic (exact) mass is 318 g/mol. The van der Waals surface area contributed by atoms with Crippen molar-refractivity contribution in [3.8, 4) is 11.1 Å². The zero-order chi connectivity index (χ0) is 16.6. The number of benzene rings is 1. The number of nitrogens with two attached hydrogens (primary N) is 1. The molecule has 1 heterocycles. The number of hydrogen-bond donors (Lipinski definition) is 2. The molecule has 116 valence electrons. The molecule has 1 aromatic heterocycles. The van der Waals surface area contributed by atoms with E-state index in [-0.39, 0.29) is 5.82 Å². The van der Waals surface area contributed by atoms with Gasteiger partial charge in [0.1, 0.15) is 5.82 Å². The molecule has 0 aliphatic heterocycles. The zero-order valence-corrected chi connectivity index (χ0v) is 10.6. The number of carboxylic acid groups (broad SMARTS) is 1. The summed E-state index contributed by atoms with van der Waals surface area (Å²) in [4.78, 5) is 14.3. The molecule has 0 aliphatic carbocycles. The highest BCUT2D eigenvalue weighted by Crippen LogP contribution is 2.33. The molecule has 0 bridgehead atoms.